The molecule has 0 aromatic carbocycles. The van der Waals surface area contributed by atoms with Crippen LogP contribution in [0.5, 0.6) is 0 Å². The van der Waals surface area contributed by atoms with E-state index in [2.05, 4.69) is 18.0 Å². The zero-order chi connectivity index (χ0) is 8.72. The molecule has 3 heteroatoms. The van der Waals surface area contributed by atoms with Crippen LogP contribution >= 0.6 is 11.3 Å². The topological polar surface area (TPSA) is 38.9 Å². The first kappa shape index (κ1) is 7.55. The molecule has 0 spiro atoms. The van der Waals surface area contributed by atoms with Gasteiger partial charge in [-0.25, -0.2) is 0 Å². The molecule has 0 saturated carbocycles. The van der Waals surface area contributed by atoms with Crippen LogP contribution in [0.4, 0.5) is 5.69 Å². The van der Waals surface area contributed by atoms with E-state index in [0.717, 1.165) is 11.4 Å². The van der Waals surface area contributed by atoms with E-state index in [0.29, 0.717) is 0 Å². The summed E-state index contributed by atoms with van der Waals surface area (Å²) >= 11 is 1.73. The van der Waals surface area contributed by atoms with E-state index < -0.39 is 0 Å². The van der Waals surface area contributed by atoms with Crippen molar-refractivity contribution in [1.29, 1.82) is 0 Å². The molecule has 0 fully saturated rings. The molecule has 2 aromatic heterocycles. The number of hydrogen-bond acceptors (Lipinski definition) is 3. The first-order chi connectivity index (χ1) is 5.68. The molecule has 0 aliphatic rings. The van der Waals surface area contributed by atoms with E-state index in [4.69, 9.17) is 5.73 Å². The number of nitrogens with zero attached hydrogens (tertiary/aromatic N) is 1. The lowest BCUT2D eigenvalue weighted by Crippen LogP contribution is -1.88. The summed E-state index contributed by atoms with van der Waals surface area (Å²) in [6, 6.07) is 2.14. The van der Waals surface area contributed by atoms with Crippen LogP contribution in [0, 0.1) is 13.8 Å². The van der Waals surface area contributed by atoms with Gasteiger partial charge in [0.1, 0.15) is 0 Å². The lowest BCUT2D eigenvalue weighted by molar-refractivity contribution is 1.24. The second kappa shape index (κ2) is 2.45. The maximum Gasteiger partial charge on any atom is 0.0682 e. The van der Waals surface area contributed by atoms with Gasteiger partial charge in [0.2, 0.25) is 0 Å². The number of nitrogen functional groups attached to an aromatic ring is 1. The minimum Gasteiger partial charge on any atom is -0.396 e. The molecular formula is C9H10N2S. The Labute approximate surface area is 75.0 Å². The zero-order valence-electron chi connectivity index (χ0n) is 7.09. The molecule has 62 valence electrons. The predicted molar refractivity (Wildman–Crippen MR) is 53.5 cm³/mol. The Morgan fingerprint density at radius 1 is 1.42 bits per heavy atom. The Bertz CT molecular complexity index is 392. The Balaban J connectivity index is 2.93. The monoisotopic (exact) mass is 178 g/mol. The van der Waals surface area contributed by atoms with Crippen LogP contribution < -0.4 is 5.73 Å². The van der Waals surface area contributed by atoms with E-state index >= 15 is 0 Å². The summed E-state index contributed by atoms with van der Waals surface area (Å²) in [5.41, 5.74) is 7.63. The van der Waals surface area contributed by atoms with Gasteiger partial charge >= 0.3 is 0 Å². The van der Waals surface area contributed by atoms with Crippen LogP contribution in [0.2, 0.25) is 0 Å². The average Bonchev–Trinajstić information content (AvgIpc) is 2.41. The number of anilines is 1. The first-order valence-electron chi connectivity index (χ1n) is 3.79. The zero-order valence-corrected chi connectivity index (χ0v) is 7.90. The van der Waals surface area contributed by atoms with Gasteiger partial charge in [0.05, 0.1) is 16.6 Å². The van der Waals surface area contributed by atoms with Gasteiger partial charge in [-0.2, -0.15) is 0 Å². The number of pyridine rings is 1. The fourth-order valence-electron chi connectivity index (χ4n) is 1.29. The molecule has 0 radical (unpaired) electrons. The fourth-order valence-corrected chi connectivity index (χ4v) is 2.28. The van der Waals surface area contributed by atoms with Crippen LogP contribution in [0.25, 0.3) is 10.1 Å². The van der Waals surface area contributed by atoms with Gasteiger partial charge in [0.25, 0.3) is 0 Å². The number of rotatable bonds is 0. The summed E-state index contributed by atoms with van der Waals surface area (Å²) in [7, 11) is 0. The molecule has 2 rings (SSSR count). The smallest absolute Gasteiger partial charge is 0.0682 e. The van der Waals surface area contributed by atoms with Gasteiger partial charge in [-0.3, -0.25) is 4.98 Å². The Morgan fingerprint density at radius 2 is 2.17 bits per heavy atom. The largest absolute Gasteiger partial charge is 0.396 e. The molecule has 0 aliphatic heterocycles. The number of thiophene rings is 1. The van der Waals surface area contributed by atoms with Crippen molar-refractivity contribution in [3.8, 4) is 0 Å². The van der Waals surface area contributed by atoms with Crippen molar-refractivity contribution >= 4 is 27.1 Å². The SMILES string of the molecule is Cc1cc2c(C)ncc(N)c2s1. The highest BCUT2D eigenvalue weighted by Gasteiger charge is 2.04. The molecule has 2 N–H and O–H groups in total. The van der Waals surface area contributed by atoms with E-state index in [1.807, 2.05) is 6.92 Å². The molecule has 0 saturated heterocycles. The van der Waals surface area contributed by atoms with Crippen LogP contribution in [0.1, 0.15) is 10.6 Å². The van der Waals surface area contributed by atoms with Crippen molar-refractivity contribution in [3.63, 3.8) is 0 Å². The molecular weight excluding hydrogens is 168 g/mol. The van der Waals surface area contributed by atoms with Crippen molar-refractivity contribution in [2.24, 2.45) is 0 Å². The van der Waals surface area contributed by atoms with Gasteiger partial charge in [-0.05, 0) is 19.9 Å². The summed E-state index contributed by atoms with van der Waals surface area (Å²) in [5, 5.41) is 1.19. The molecule has 0 aliphatic carbocycles. The lowest BCUT2D eigenvalue weighted by Gasteiger charge is -1.96. The third-order valence-corrected chi connectivity index (χ3v) is 3.00. The molecule has 12 heavy (non-hydrogen) atoms. The molecule has 0 unspecified atom stereocenters. The molecule has 2 aromatic rings. The van der Waals surface area contributed by atoms with Gasteiger partial charge in [-0.15, -0.1) is 11.3 Å². The van der Waals surface area contributed by atoms with Gasteiger partial charge < -0.3 is 5.73 Å². The third-order valence-electron chi connectivity index (χ3n) is 1.90. The summed E-state index contributed by atoms with van der Waals surface area (Å²) in [4.78, 5) is 5.49. The standard InChI is InChI=1S/C9H10N2S/c1-5-3-7-6(2)11-4-8(10)9(7)12-5/h3-4H,10H2,1-2H3. The van der Waals surface area contributed by atoms with Crippen LogP contribution in [0.15, 0.2) is 12.3 Å². The molecule has 0 bridgehead atoms. The van der Waals surface area contributed by atoms with Crippen LogP contribution in [0.3, 0.4) is 0 Å². The quantitative estimate of drug-likeness (QED) is 0.673. The average molecular weight is 178 g/mol. The number of aryl methyl sites for hydroxylation is 2. The van der Waals surface area contributed by atoms with Crippen molar-refractivity contribution in [2.75, 3.05) is 5.73 Å². The minimum atomic E-state index is 0.786. The second-order valence-corrected chi connectivity index (χ2v) is 4.16. The van der Waals surface area contributed by atoms with Crippen LogP contribution in [-0.4, -0.2) is 4.98 Å². The Hall–Kier alpha value is -1.09. The summed E-state index contributed by atoms with van der Waals surface area (Å²) in [5.74, 6) is 0. The Kier molecular flexibility index (Phi) is 1.54. The highest BCUT2D eigenvalue weighted by molar-refractivity contribution is 7.19. The normalized spacial score (nSPS) is 10.8. The van der Waals surface area contributed by atoms with E-state index in [-0.39, 0.29) is 0 Å². The summed E-state index contributed by atoms with van der Waals surface area (Å²) in [6.45, 7) is 4.09. The number of aromatic nitrogens is 1. The molecule has 2 nitrogen and oxygen atoms in total. The number of fused-ring (bicyclic) bond motifs is 1. The molecule has 0 atom stereocenters. The van der Waals surface area contributed by atoms with E-state index in [9.17, 15) is 0 Å². The highest BCUT2D eigenvalue weighted by Crippen LogP contribution is 2.30. The molecule has 0 amide bonds. The van der Waals surface area contributed by atoms with Crippen molar-refractivity contribution < 1.29 is 0 Å². The van der Waals surface area contributed by atoms with Crippen molar-refractivity contribution in [3.05, 3.63) is 22.8 Å². The van der Waals surface area contributed by atoms with Crippen molar-refractivity contribution in [2.45, 2.75) is 13.8 Å². The van der Waals surface area contributed by atoms with Gasteiger partial charge in [-0.1, -0.05) is 0 Å². The van der Waals surface area contributed by atoms with Crippen LogP contribution in [-0.2, 0) is 0 Å². The predicted octanol–water partition coefficient (Wildman–Crippen LogP) is 2.50. The Morgan fingerprint density at radius 3 is 2.83 bits per heavy atom. The second-order valence-electron chi connectivity index (χ2n) is 2.90. The highest BCUT2D eigenvalue weighted by atomic mass is 32.1. The van der Waals surface area contributed by atoms with Crippen molar-refractivity contribution in [1.82, 2.24) is 4.98 Å². The first-order valence-corrected chi connectivity index (χ1v) is 4.61. The van der Waals surface area contributed by atoms with Gasteiger partial charge in [0.15, 0.2) is 0 Å². The molecule has 2 heterocycles. The maximum absolute atomic E-state index is 5.79. The fraction of sp³-hybridized carbons (Fsp3) is 0.222. The summed E-state index contributed by atoms with van der Waals surface area (Å²) in [6.07, 6.45) is 1.73. The third kappa shape index (κ3) is 0.975. The number of nitrogens with two attached hydrogens (primary N) is 1. The lowest BCUT2D eigenvalue weighted by atomic mass is 10.2. The number of hydrogen-bond donors (Lipinski definition) is 1. The maximum atomic E-state index is 5.79. The van der Waals surface area contributed by atoms with Gasteiger partial charge in [0, 0.05) is 16.0 Å². The van der Waals surface area contributed by atoms with E-state index in [1.165, 1.54) is 15.0 Å². The summed E-state index contributed by atoms with van der Waals surface area (Å²) < 4.78 is 1.17. The van der Waals surface area contributed by atoms with E-state index in [1.54, 1.807) is 17.5 Å². The minimum absolute atomic E-state index is 0.786.